The number of aromatic nitrogens is 4. The first-order valence-electron chi connectivity index (χ1n) is 6.11. The molecule has 3 aromatic rings. The molecule has 19 heavy (non-hydrogen) atoms. The third-order valence-electron chi connectivity index (χ3n) is 2.76. The summed E-state index contributed by atoms with van der Waals surface area (Å²) in [6.07, 6.45) is 3.71. The molecule has 98 valence electrons. The second-order valence-electron chi connectivity index (χ2n) is 4.56. The summed E-state index contributed by atoms with van der Waals surface area (Å²) in [6.45, 7) is 4.64. The molecule has 0 aliphatic carbocycles. The van der Waals surface area contributed by atoms with E-state index in [2.05, 4.69) is 21.2 Å². The lowest BCUT2D eigenvalue weighted by Gasteiger charge is -2.02. The average Bonchev–Trinajstić information content (AvgIpc) is 3.09. The number of imidazole rings is 1. The highest BCUT2D eigenvalue weighted by Gasteiger charge is 2.13. The Morgan fingerprint density at radius 2 is 2.32 bits per heavy atom. The van der Waals surface area contributed by atoms with Crippen molar-refractivity contribution < 1.29 is 4.52 Å². The quantitative estimate of drug-likeness (QED) is 0.733. The molecule has 0 fully saturated rings. The summed E-state index contributed by atoms with van der Waals surface area (Å²) in [5, 5.41) is 6.01. The van der Waals surface area contributed by atoms with Crippen LogP contribution in [0, 0.1) is 0 Å². The first-order valence-corrected chi connectivity index (χ1v) is 6.99. The van der Waals surface area contributed by atoms with Crippen molar-refractivity contribution in [3.8, 4) is 10.7 Å². The van der Waals surface area contributed by atoms with E-state index in [0.29, 0.717) is 12.4 Å². The summed E-state index contributed by atoms with van der Waals surface area (Å²) < 4.78 is 7.28. The van der Waals surface area contributed by atoms with E-state index < -0.39 is 0 Å². The second kappa shape index (κ2) is 4.97. The first kappa shape index (κ1) is 12.1. The molecule has 3 aromatic heterocycles. The molecule has 0 radical (unpaired) electrons. The monoisotopic (exact) mass is 274 g/mol. The summed E-state index contributed by atoms with van der Waals surface area (Å²) in [5.74, 6) is 2.56. The van der Waals surface area contributed by atoms with Crippen LogP contribution in [0.4, 0.5) is 0 Å². The minimum atomic E-state index is 0.275. The third-order valence-corrected chi connectivity index (χ3v) is 3.63. The smallest absolute Gasteiger partial charge is 0.246 e. The topological polar surface area (TPSA) is 56.7 Å². The Kier molecular flexibility index (Phi) is 3.16. The zero-order valence-electron chi connectivity index (χ0n) is 10.8. The Balaban J connectivity index is 1.85. The lowest BCUT2D eigenvalue weighted by Crippen LogP contribution is -2.01. The van der Waals surface area contributed by atoms with Crippen LogP contribution in [-0.2, 0) is 6.54 Å². The van der Waals surface area contributed by atoms with Crippen molar-refractivity contribution in [1.82, 2.24) is 19.7 Å². The van der Waals surface area contributed by atoms with Crippen molar-refractivity contribution in [3.63, 3.8) is 0 Å². The van der Waals surface area contributed by atoms with Gasteiger partial charge in [0, 0.05) is 18.3 Å². The predicted molar refractivity (Wildman–Crippen MR) is 73.0 cm³/mol. The maximum atomic E-state index is 5.27. The number of thiophene rings is 1. The van der Waals surface area contributed by atoms with E-state index in [1.54, 1.807) is 17.5 Å². The zero-order chi connectivity index (χ0) is 13.2. The van der Waals surface area contributed by atoms with Crippen LogP contribution >= 0.6 is 11.3 Å². The summed E-state index contributed by atoms with van der Waals surface area (Å²) in [6, 6.07) is 4.07. The van der Waals surface area contributed by atoms with Gasteiger partial charge in [0.15, 0.2) is 5.82 Å². The van der Waals surface area contributed by atoms with Gasteiger partial charge >= 0.3 is 0 Å². The highest BCUT2D eigenvalue weighted by Crippen LogP contribution is 2.23. The molecule has 5 nitrogen and oxygen atoms in total. The lowest BCUT2D eigenvalue weighted by molar-refractivity contribution is 0.365. The Hall–Kier alpha value is -1.95. The van der Waals surface area contributed by atoms with Gasteiger partial charge in [0.05, 0.1) is 4.88 Å². The van der Waals surface area contributed by atoms with Gasteiger partial charge in [0.25, 0.3) is 0 Å². The average molecular weight is 274 g/mol. The normalized spacial score (nSPS) is 11.3. The van der Waals surface area contributed by atoms with Crippen LogP contribution in [0.5, 0.6) is 0 Å². The lowest BCUT2D eigenvalue weighted by atomic mass is 10.2. The zero-order valence-corrected chi connectivity index (χ0v) is 11.6. The fraction of sp³-hybridized carbons (Fsp3) is 0.308. The number of rotatable bonds is 4. The van der Waals surface area contributed by atoms with Crippen molar-refractivity contribution in [2.75, 3.05) is 0 Å². The SMILES string of the molecule is CC(C)c1noc(Cn2ccnc2-c2cccs2)n1. The van der Waals surface area contributed by atoms with Crippen LogP contribution in [0.1, 0.15) is 31.5 Å². The number of nitrogens with zero attached hydrogens (tertiary/aromatic N) is 4. The molecule has 3 rings (SSSR count). The largest absolute Gasteiger partial charge is 0.337 e. The van der Waals surface area contributed by atoms with Crippen molar-refractivity contribution >= 4 is 11.3 Å². The van der Waals surface area contributed by atoms with Gasteiger partial charge in [0.2, 0.25) is 5.89 Å². The highest BCUT2D eigenvalue weighted by molar-refractivity contribution is 7.13. The maximum Gasteiger partial charge on any atom is 0.246 e. The third kappa shape index (κ3) is 2.44. The molecule has 0 saturated carbocycles. The van der Waals surface area contributed by atoms with E-state index in [9.17, 15) is 0 Å². The molecule has 0 N–H and O–H groups in total. The summed E-state index contributed by atoms with van der Waals surface area (Å²) >= 11 is 1.67. The molecule has 0 atom stereocenters. The van der Waals surface area contributed by atoms with Crippen LogP contribution in [0.2, 0.25) is 0 Å². The van der Waals surface area contributed by atoms with Crippen molar-refractivity contribution in [1.29, 1.82) is 0 Å². The van der Waals surface area contributed by atoms with Gasteiger partial charge in [-0.05, 0) is 11.4 Å². The van der Waals surface area contributed by atoms with Crippen molar-refractivity contribution in [2.45, 2.75) is 26.3 Å². The van der Waals surface area contributed by atoms with E-state index in [1.807, 2.05) is 36.1 Å². The minimum absolute atomic E-state index is 0.275. The number of hydrogen-bond acceptors (Lipinski definition) is 5. The maximum absolute atomic E-state index is 5.27. The molecule has 0 saturated heterocycles. The van der Waals surface area contributed by atoms with E-state index in [0.717, 1.165) is 16.5 Å². The highest BCUT2D eigenvalue weighted by atomic mass is 32.1. The van der Waals surface area contributed by atoms with Gasteiger partial charge < -0.3 is 9.09 Å². The molecule has 0 unspecified atom stereocenters. The fourth-order valence-corrected chi connectivity index (χ4v) is 2.52. The number of hydrogen-bond donors (Lipinski definition) is 0. The van der Waals surface area contributed by atoms with Crippen LogP contribution < -0.4 is 0 Å². The standard InChI is InChI=1S/C13H14N4OS/c1-9(2)12-15-11(18-16-12)8-17-6-5-14-13(17)10-4-3-7-19-10/h3-7,9H,8H2,1-2H3. The van der Waals surface area contributed by atoms with Crippen LogP contribution in [0.25, 0.3) is 10.7 Å². The molecular formula is C13H14N4OS. The molecule has 0 aliphatic rings. The van der Waals surface area contributed by atoms with Crippen LogP contribution in [-0.4, -0.2) is 19.7 Å². The molecule has 0 aromatic carbocycles. The molecule has 0 spiro atoms. The summed E-state index contributed by atoms with van der Waals surface area (Å²) in [4.78, 5) is 9.90. The first-order chi connectivity index (χ1) is 9.24. The van der Waals surface area contributed by atoms with Gasteiger partial charge in [-0.3, -0.25) is 0 Å². The van der Waals surface area contributed by atoms with Crippen LogP contribution in [0.3, 0.4) is 0 Å². The minimum Gasteiger partial charge on any atom is -0.337 e. The molecular weight excluding hydrogens is 260 g/mol. The molecule has 3 heterocycles. The van der Waals surface area contributed by atoms with Crippen LogP contribution in [0.15, 0.2) is 34.4 Å². The van der Waals surface area contributed by atoms with Crippen molar-refractivity contribution in [2.24, 2.45) is 0 Å². The van der Waals surface area contributed by atoms with E-state index >= 15 is 0 Å². The summed E-state index contributed by atoms with van der Waals surface area (Å²) in [7, 11) is 0. The predicted octanol–water partition coefficient (Wildman–Crippen LogP) is 3.17. The van der Waals surface area contributed by atoms with Gasteiger partial charge in [-0.25, -0.2) is 4.98 Å². The molecule has 6 heteroatoms. The Labute approximate surface area is 114 Å². The van der Waals surface area contributed by atoms with Crippen molar-refractivity contribution in [3.05, 3.63) is 41.6 Å². The van der Waals surface area contributed by atoms with Gasteiger partial charge in [-0.1, -0.05) is 25.1 Å². The molecule has 0 aliphatic heterocycles. The van der Waals surface area contributed by atoms with E-state index in [1.165, 1.54) is 0 Å². The van der Waals surface area contributed by atoms with E-state index in [-0.39, 0.29) is 5.92 Å². The fourth-order valence-electron chi connectivity index (χ4n) is 1.78. The van der Waals surface area contributed by atoms with E-state index in [4.69, 9.17) is 4.52 Å². The Morgan fingerprint density at radius 3 is 3.00 bits per heavy atom. The molecule has 0 bridgehead atoms. The van der Waals surface area contributed by atoms with Gasteiger partial charge in [0.1, 0.15) is 12.4 Å². The summed E-state index contributed by atoms with van der Waals surface area (Å²) in [5.41, 5.74) is 0. The van der Waals surface area contributed by atoms with Gasteiger partial charge in [-0.15, -0.1) is 11.3 Å². The Morgan fingerprint density at radius 1 is 1.42 bits per heavy atom. The Bertz CT molecular complexity index is 654. The second-order valence-corrected chi connectivity index (χ2v) is 5.50. The molecule has 0 amide bonds. The van der Waals surface area contributed by atoms with Gasteiger partial charge in [-0.2, -0.15) is 4.98 Å².